The van der Waals surface area contributed by atoms with Gasteiger partial charge in [-0.3, -0.25) is 4.79 Å². The second-order valence-corrected chi connectivity index (χ2v) is 7.57. The molecule has 0 fully saturated rings. The van der Waals surface area contributed by atoms with Crippen molar-refractivity contribution in [2.45, 2.75) is 19.9 Å². The fourth-order valence-electron chi connectivity index (χ4n) is 2.93. The van der Waals surface area contributed by atoms with Gasteiger partial charge in [0.2, 0.25) is 0 Å². The number of amides is 1. The molecule has 5 nitrogen and oxygen atoms in total. The van der Waals surface area contributed by atoms with Gasteiger partial charge in [-0.2, -0.15) is 0 Å². The quantitative estimate of drug-likeness (QED) is 0.425. The summed E-state index contributed by atoms with van der Waals surface area (Å²) in [5.41, 5.74) is 4.12. The number of carbonyl (C=O) groups is 1. The fraction of sp³-hybridized carbons (Fsp3) is 0.208. The molecule has 0 radical (unpaired) electrons. The van der Waals surface area contributed by atoms with Crippen LogP contribution in [-0.4, -0.2) is 19.6 Å². The molecule has 3 rings (SSSR count). The van der Waals surface area contributed by atoms with Gasteiger partial charge in [0.1, 0.15) is 0 Å². The van der Waals surface area contributed by atoms with E-state index in [0.29, 0.717) is 18.0 Å². The Morgan fingerprint density at radius 3 is 2.37 bits per heavy atom. The Hall–Kier alpha value is -2.99. The lowest BCUT2D eigenvalue weighted by Crippen LogP contribution is -2.20. The summed E-state index contributed by atoms with van der Waals surface area (Å²) < 4.78 is 11.9. The Morgan fingerprint density at radius 2 is 1.70 bits per heavy atom. The molecule has 6 heteroatoms. The van der Waals surface area contributed by atoms with E-state index in [2.05, 4.69) is 57.8 Å². The van der Waals surface area contributed by atoms with Crippen molar-refractivity contribution < 1.29 is 14.3 Å². The van der Waals surface area contributed by atoms with Crippen LogP contribution in [-0.2, 0) is 17.8 Å². The molecule has 0 aromatic heterocycles. The topological polar surface area (TPSA) is 59.6 Å². The largest absolute Gasteiger partial charge is 0.493 e. The van der Waals surface area contributed by atoms with E-state index >= 15 is 0 Å². The molecule has 0 aliphatic heterocycles. The SMILES string of the molecule is CCc1ccc(NCc2cc(Br)c(OCC(=O)Nc3ccccc3)c(OC)c2)cc1. The third-order valence-corrected chi connectivity index (χ3v) is 5.14. The van der Waals surface area contributed by atoms with Crippen molar-refractivity contribution in [3.63, 3.8) is 0 Å². The lowest BCUT2D eigenvalue weighted by molar-refractivity contribution is -0.118. The number of hydrogen-bond donors (Lipinski definition) is 2. The molecule has 0 heterocycles. The molecule has 0 bridgehead atoms. The molecule has 0 atom stereocenters. The van der Waals surface area contributed by atoms with Crippen LogP contribution in [0.3, 0.4) is 0 Å². The van der Waals surface area contributed by atoms with E-state index in [9.17, 15) is 4.79 Å². The number of para-hydroxylation sites is 1. The monoisotopic (exact) mass is 468 g/mol. The Kier molecular flexibility index (Phi) is 7.74. The number of rotatable bonds is 9. The third kappa shape index (κ3) is 6.00. The van der Waals surface area contributed by atoms with Crippen molar-refractivity contribution in [1.29, 1.82) is 0 Å². The number of aryl methyl sites for hydroxylation is 1. The van der Waals surface area contributed by atoms with Crippen LogP contribution >= 0.6 is 15.9 Å². The highest BCUT2D eigenvalue weighted by Crippen LogP contribution is 2.37. The maximum absolute atomic E-state index is 12.2. The van der Waals surface area contributed by atoms with Gasteiger partial charge in [0.15, 0.2) is 18.1 Å². The summed E-state index contributed by atoms with van der Waals surface area (Å²) in [4.78, 5) is 12.2. The summed E-state index contributed by atoms with van der Waals surface area (Å²) >= 11 is 3.54. The maximum atomic E-state index is 12.2. The molecule has 2 N–H and O–H groups in total. The van der Waals surface area contributed by atoms with E-state index in [-0.39, 0.29) is 12.5 Å². The van der Waals surface area contributed by atoms with Crippen LogP contribution in [0.2, 0.25) is 0 Å². The number of benzene rings is 3. The van der Waals surface area contributed by atoms with Crippen LogP contribution in [0, 0.1) is 0 Å². The van der Waals surface area contributed by atoms with Gasteiger partial charge in [-0.25, -0.2) is 0 Å². The van der Waals surface area contributed by atoms with Gasteiger partial charge in [0, 0.05) is 17.9 Å². The zero-order valence-electron chi connectivity index (χ0n) is 17.1. The molecule has 0 aliphatic carbocycles. The second-order valence-electron chi connectivity index (χ2n) is 6.72. The van der Waals surface area contributed by atoms with Gasteiger partial charge >= 0.3 is 0 Å². The van der Waals surface area contributed by atoms with Gasteiger partial charge < -0.3 is 20.1 Å². The van der Waals surface area contributed by atoms with Crippen LogP contribution in [0.5, 0.6) is 11.5 Å². The highest BCUT2D eigenvalue weighted by atomic mass is 79.9. The van der Waals surface area contributed by atoms with E-state index < -0.39 is 0 Å². The number of methoxy groups -OCH3 is 1. The first-order valence-corrected chi connectivity index (χ1v) is 10.5. The lowest BCUT2D eigenvalue weighted by atomic mass is 10.1. The molecule has 30 heavy (non-hydrogen) atoms. The summed E-state index contributed by atoms with van der Waals surface area (Å²) in [6.07, 6.45) is 1.02. The molecular formula is C24H25BrN2O3. The lowest BCUT2D eigenvalue weighted by Gasteiger charge is -2.15. The molecule has 156 valence electrons. The van der Waals surface area contributed by atoms with Gasteiger partial charge in [0.05, 0.1) is 11.6 Å². The molecule has 1 amide bonds. The van der Waals surface area contributed by atoms with Crippen molar-refractivity contribution in [3.05, 3.63) is 82.3 Å². The number of halogens is 1. The number of nitrogens with one attached hydrogen (secondary N) is 2. The van der Waals surface area contributed by atoms with Crippen LogP contribution in [0.15, 0.2) is 71.2 Å². The van der Waals surface area contributed by atoms with Crippen LogP contribution in [0.4, 0.5) is 11.4 Å². The highest BCUT2D eigenvalue weighted by molar-refractivity contribution is 9.10. The molecule has 0 saturated carbocycles. The van der Waals surface area contributed by atoms with Crippen molar-refractivity contribution in [3.8, 4) is 11.5 Å². The summed E-state index contributed by atoms with van der Waals surface area (Å²) in [5.74, 6) is 0.822. The minimum Gasteiger partial charge on any atom is -0.493 e. The molecule has 0 unspecified atom stereocenters. The standard InChI is InChI=1S/C24H25BrN2O3/c1-3-17-9-11-19(12-10-17)26-15-18-13-21(25)24(22(14-18)29-2)30-16-23(28)27-20-7-5-4-6-8-20/h4-14,26H,3,15-16H2,1-2H3,(H,27,28). The van der Waals surface area contributed by atoms with E-state index in [1.54, 1.807) is 7.11 Å². The van der Waals surface area contributed by atoms with Crippen LogP contribution in [0.1, 0.15) is 18.1 Å². The molecule has 3 aromatic carbocycles. The minimum atomic E-state index is -0.239. The average Bonchev–Trinajstić information content (AvgIpc) is 2.77. The van der Waals surface area contributed by atoms with Crippen molar-refractivity contribution in [2.24, 2.45) is 0 Å². The first-order chi connectivity index (χ1) is 14.6. The van der Waals surface area contributed by atoms with E-state index in [4.69, 9.17) is 9.47 Å². The molecule has 3 aromatic rings. The third-order valence-electron chi connectivity index (χ3n) is 4.55. The highest BCUT2D eigenvalue weighted by Gasteiger charge is 2.14. The maximum Gasteiger partial charge on any atom is 0.262 e. The zero-order valence-corrected chi connectivity index (χ0v) is 18.7. The van der Waals surface area contributed by atoms with Crippen LogP contribution in [0.25, 0.3) is 0 Å². The van der Waals surface area contributed by atoms with Crippen molar-refractivity contribution in [1.82, 2.24) is 0 Å². The van der Waals surface area contributed by atoms with E-state index in [1.807, 2.05) is 42.5 Å². The number of hydrogen-bond acceptors (Lipinski definition) is 4. The number of ether oxygens (including phenoxy) is 2. The van der Waals surface area contributed by atoms with Gasteiger partial charge in [-0.15, -0.1) is 0 Å². The first kappa shape index (κ1) is 21.7. The zero-order chi connectivity index (χ0) is 21.3. The fourth-order valence-corrected chi connectivity index (χ4v) is 3.54. The summed E-state index contributed by atoms with van der Waals surface area (Å²) in [6, 6.07) is 21.5. The Bertz CT molecular complexity index is 976. The van der Waals surface area contributed by atoms with Gasteiger partial charge in [0.25, 0.3) is 5.91 Å². The normalized spacial score (nSPS) is 10.4. The smallest absolute Gasteiger partial charge is 0.262 e. The minimum absolute atomic E-state index is 0.120. The number of carbonyl (C=O) groups excluding carboxylic acids is 1. The number of anilines is 2. The molecule has 0 saturated heterocycles. The second kappa shape index (κ2) is 10.7. The summed E-state index contributed by atoms with van der Waals surface area (Å²) in [7, 11) is 1.58. The summed E-state index contributed by atoms with van der Waals surface area (Å²) in [5, 5.41) is 6.20. The van der Waals surface area contributed by atoms with Crippen molar-refractivity contribution >= 4 is 33.2 Å². The molecular weight excluding hydrogens is 444 g/mol. The van der Waals surface area contributed by atoms with Crippen LogP contribution < -0.4 is 20.1 Å². The summed E-state index contributed by atoms with van der Waals surface area (Å²) in [6.45, 7) is 2.65. The first-order valence-electron chi connectivity index (χ1n) is 9.76. The average molecular weight is 469 g/mol. The van der Waals surface area contributed by atoms with Gasteiger partial charge in [-0.05, 0) is 69.9 Å². The Morgan fingerprint density at radius 1 is 0.967 bits per heavy atom. The van der Waals surface area contributed by atoms with E-state index in [0.717, 1.165) is 27.8 Å². The van der Waals surface area contributed by atoms with E-state index in [1.165, 1.54) is 5.56 Å². The Labute approximate surface area is 185 Å². The van der Waals surface area contributed by atoms with Gasteiger partial charge in [-0.1, -0.05) is 37.3 Å². The predicted octanol–water partition coefficient (Wildman–Crippen LogP) is 5.65. The van der Waals surface area contributed by atoms with Crippen molar-refractivity contribution in [2.75, 3.05) is 24.4 Å². The molecule has 0 aliphatic rings. The predicted molar refractivity (Wildman–Crippen MR) is 124 cm³/mol. The Balaban J connectivity index is 1.62. The molecule has 0 spiro atoms.